The third kappa shape index (κ3) is 2.34. The molecule has 0 aromatic heterocycles. The summed E-state index contributed by atoms with van der Waals surface area (Å²) in [5, 5.41) is 0. The number of nitrogens with two attached hydrogens (primary N) is 1. The summed E-state index contributed by atoms with van der Waals surface area (Å²) in [6, 6.07) is 6.23. The summed E-state index contributed by atoms with van der Waals surface area (Å²) in [5.41, 5.74) is 7.42. The third-order valence-electron chi connectivity index (χ3n) is 3.97. The zero-order valence-corrected chi connectivity index (χ0v) is 11.9. The van der Waals surface area contributed by atoms with Gasteiger partial charge in [0.05, 0.1) is 0 Å². The maximum Gasteiger partial charge on any atom is 0.124 e. The lowest BCUT2D eigenvalue weighted by Crippen LogP contribution is -2.35. The fourth-order valence-corrected chi connectivity index (χ4v) is 3.33. The monoisotopic (exact) mass is 307 g/mol. The van der Waals surface area contributed by atoms with Gasteiger partial charge in [-0.25, -0.2) is 0 Å². The molecule has 2 nitrogen and oxygen atoms in total. The van der Waals surface area contributed by atoms with E-state index in [9.17, 15) is 0 Å². The molecule has 0 bridgehead atoms. The van der Waals surface area contributed by atoms with Gasteiger partial charge in [-0.05, 0) is 43.4 Å². The van der Waals surface area contributed by atoms with Gasteiger partial charge < -0.3 is 10.5 Å². The van der Waals surface area contributed by atoms with Crippen molar-refractivity contribution < 1.29 is 4.74 Å². The summed E-state index contributed by atoms with van der Waals surface area (Å²) in [5.74, 6) is 1.59. The standard InChI is InChI=1S/C15H18BrNO/c16-11-6-7-14-12(8-11)13(17)9-15(18-14)10-4-2-1-3-5-10/h1-2,6-8,10,13,15H,3-5,9,17H2. The van der Waals surface area contributed by atoms with E-state index in [1.807, 2.05) is 12.1 Å². The third-order valence-corrected chi connectivity index (χ3v) is 4.46. The molecule has 0 spiro atoms. The first-order chi connectivity index (χ1) is 8.74. The number of halogens is 1. The van der Waals surface area contributed by atoms with E-state index in [-0.39, 0.29) is 12.1 Å². The molecular weight excluding hydrogens is 290 g/mol. The van der Waals surface area contributed by atoms with Crippen molar-refractivity contribution in [3.05, 3.63) is 40.4 Å². The normalized spacial score (nSPS) is 30.7. The van der Waals surface area contributed by atoms with Crippen molar-refractivity contribution >= 4 is 15.9 Å². The first kappa shape index (κ1) is 12.2. The van der Waals surface area contributed by atoms with Gasteiger partial charge in [0.25, 0.3) is 0 Å². The number of hydrogen-bond acceptors (Lipinski definition) is 2. The molecule has 1 aromatic carbocycles. The molecule has 0 saturated heterocycles. The molecule has 1 aliphatic heterocycles. The van der Waals surface area contributed by atoms with Crippen molar-refractivity contribution in [3.8, 4) is 5.75 Å². The lowest BCUT2D eigenvalue weighted by atomic mass is 9.84. The maximum atomic E-state index is 6.29. The fraction of sp³-hybridized carbons (Fsp3) is 0.467. The lowest BCUT2D eigenvalue weighted by Gasteiger charge is -2.35. The highest BCUT2D eigenvalue weighted by Crippen LogP contribution is 2.39. The summed E-state index contributed by atoms with van der Waals surface area (Å²) in [7, 11) is 0. The van der Waals surface area contributed by atoms with E-state index in [1.165, 1.54) is 12.8 Å². The Balaban J connectivity index is 1.82. The summed E-state index contributed by atoms with van der Waals surface area (Å²) >= 11 is 3.49. The van der Waals surface area contributed by atoms with Crippen LogP contribution in [0.4, 0.5) is 0 Å². The van der Waals surface area contributed by atoms with Crippen molar-refractivity contribution in [3.63, 3.8) is 0 Å². The number of fused-ring (bicyclic) bond motifs is 1. The molecule has 0 amide bonds. The Morgan fingerprint density at radius 1 is 1.28 bits per heavy atom. The molecule has 2 aliphatic rings. The van der Waals surface area contributed by atoms with E-state index < -0.39 is 0 Å². The molecule has 3 unspecified atom stereocenters. The largest absolute Gasteiger partial charge is 0.490 e. The molecule has 96 valence electrons. The molecule has 3 atom stereocenters. The van der Waals surface area contributed by atoms with Crippen molar-refractivity contribution in [2.45, 2.75) is 37.8 Å². The Hall–Kier alpha value is -0.800. The second kappa shape index (κ2) is 5.06. The van der Waals surface area contributed by atoms with E-state index in [4.69, 9.17) is 10.5 Å². The van der Waals surface area contributed by atoms with E-state index in [0.29, 0.717) is 5.92 Å². The molecule has 2 N–H and O–H groups in total. The van der Waals surface area contributed by atoms with E-state index in [2.05, 4.69) is 34.1 Å². The number of ether oxygens (including phenoxy) is 1. The van der Waals surface area contributed by atoms with Crippen LogP contribution in [0.5, 0.6) is 5.75 Å². The molecule has 1 aromatic rings. The van der Waals surface area contributed by atoms with Gasteiger partial charge in [-0.1, -0.05) is 28.1 Å². The van der Waals surface area contributed by atoms with Crippen LogP contribution in [-0.4, -0.2) is 6.10 Å². The molecule has 3 rings (SSSR count). The second-order valence-corrected chi connectivity index (χ2v) is 6.14. The van der Waals surface area contributed by atoms with Crippen LogP contribution in [0.3, 0.4) is 0 Å². The minimum absolute atomic E-state index is 0.0992. The second-order valence-electron chi connectivity index (χ2n) is 5.23. The minimum atomic E-state index is 0.0992. The van der Waals surface area contributed by atoms with Gasteiger partial charge in [0.2, 0.25) is 0 Å². The zero-order chi connectivity index (χ0) is 12.5. The number of benzene rings is 1. The number of allylic oxidation sites excluding steroid dienone is 2. The van der Waals surface area contributed by atoms with Crippen LogP contribution >= 0.6 is 15.9 Å². The number of rotatable bonds is 1. The van der Waals surface area contributed by atoms with Crippen LogP contribution in [0.15, 0.2) is 34.8 Å². The van der Waals surface area contributed by atoms with Gasteiger partial charge in [0.15, 0.2) is 0 Å². The SMILES string of the molecule is NC1CC(C2CC=CCC2)Oc2ccc(Br)cc21. The topological polar surface area (TPSA) is 35.2 Å². The predicted molar refractivity (Wildman–Crippen MR) is 76.6 cm³/mol. The Labute approximate surface area is 116 Å². The minimum Gasteiger partial charge on any atom is -0.490 e. The Bertz CT molecular complexity index is 472. The molecule has 0 radical (unpaired) electrons. The first-order valence-corrected chi connectivity index (χ1v) is 7.40. The van der Waals surface area contributed by atoms with Gasteiger partial charge in [-0.3, -0.25) is 0 Å². The summed E-state index contributed by atoms with van der Waals surface area (Å²) in [6.07, 6.45) is 9.28. The van der Waals surface area contributed by atoms with Gasteiger partial charge in [-0.15, -0.1) is 0 Å². The van der Waals surface area contributed by atoms with Crippen LogP contribution in [0.25, 0.3) is 0 Å². The van der Waals surface area contributed by atoms with E-state index >= 15 is 0 Å². The Morgan fingerprint density at radius 2 is 2.17 bits per heavy atom. The summed E-state index contributed by atoms with van der Waals surface area (Å²) in [4.78, 5) is 0. The van der Waals surface area contributed by atoms with Crippen LogP contribution in [0.2, 0.25) is 0 Å². The van der Waals surface area contributed by atoms with Crippen molar-refractivity contribution in [2.24, 2.45) is 11.7 Å². The molecule has 1 heterocycles. The number of hydrogen-bond donors (Lipinski definition) is 1. The maximum absolute atomic E-state index is 6.29. The smallest absolute Gasteiger partial charge is 0.124 e. The van der Waals surface area contributed by atoms with Gasteiger partial charge in [0, 0.05) is 22.5 Å². The Kier molecular flexibility index (Phi) is 3.44. The molecule has 18 heavy (non-hydrogen) atoms. The first-order valence-electron chi connectivity index (χ1n) is 6.61. The average molecular weight is 308 g/mol. The van der Waals surface area contributed by atoms with Crippen LogP contribution in [0, 0.1) is 5.92 Å². The highest BCUT2D eigenvalue weighted by Gasteiger charge is 2.31. The van der Waals surface area contributed by atoms with Crippen LogP contribution in [0.1, 0.15) is 37.3 Å². The summed E-state index contributed by atoms with van der Waals surface area (Å²) in [6.45, 7) is 0. The van der Waals surface area contributed by atoms with E-state index in [0.717, 1.165) is 28.6 Å². The van der Waals surface area contributed by atoms with E-state index in [1.54, 1.807) is 0 Å². The average Bonchev–Trinajstić information content (AvgIpc) is 2.40. The molecule has 0 saturated carbocycles. The van der Waals surface area contributed by atoms with Crippen molar-refractivity contribution in [1.82, 2.24) is 0 Å². The van der Waals surface area contributed by atoms with Gasteiger partial charge in [0.1, 0.15) is 11.9 Å². The quantitative estimate of drug-likeness (QED) is 0.797. The predicted octanol–water partition coefficient (Wildman–Crippen LogP) is 3.96. The van der Waals surface area contributed by atoms with Gasteiger partial charge in [-0.2, -0.15) is 0 Å². The van der Waals surface area contributed by atoms with Crippen molar-refractivity contribution in [1.29, 1.82) is 0 Å². The summed E-state index contributed by atoms with van der Waals surface area (Å²) < 4.78 is 7.23. The van der Waals surface area contributed by atoms with Crippen LogP contribution in [-0.2, 0) is 0 Å². The Morgan fingerprint density at radius 3 is 2.94 bits per heavy atom. The molecule has 1 aliphatic carbocycles. The highest BCUT2D eigenvalue weighted by molar-refractivity contribution is 9.10. The lowest BCUT2D eigenvalue weighted by molar-refractivity contribution is 0.0937. The van der Waals surface area contributed by atoms with Crippen LogP contribution < -0.4 is 10.5 Å². The van der Waals surface area contributed by atoms with Crippen molar-refractivity contribution in [2.75, 3.05) is 0 Å². The molecule has 3 heteroatoms. The van der Waals surface area contributed by atoms with Gasteiger partial charge >= 0.3 is 0 Å². The molecule has 0 fully saturated rings. The fourth-order valence-electron chi connectivity index (χ4n) is 2.95. The highest BCUT2D eigenvalue weighted by atomic mass is 79.9. The zero-order valence-electron chi connectivity index (χ0n) is 10.3. The molecular formula is C15H18BrNO.